The van der Waals surface area contributed by atoms with Gasteiger partial charge in [-0.05, 0) is 93.8 Å². The first kappa shape index (κ1) is 28.2. The SMILES string of the molecule is CN1CCCC1.Cn1c(C(=O)Nc2cc(-c3cc(Nc4ccccn4)c(=O)[nH]n3)ccc2F)cc2c1CCC(O)C2. The molecule has 4 heterocycles. The zero-order valence-electron chi connectivity index (χ0n) is 23.2. The fourth-order valence-corrected chi connectivity index (χ4v) is 5.15. The number of nitrogens with one attached hydrogen (secondary N) is 3. The van der Waals surface area contributed by atoms with E-state index in [0.717, 1.165) is 11.3 Å². The van der Waals surface area contributed by atoms with Gasteiger partial charge in [-0.1, -0.05) is 6.07 Å². The second-order valence-electron chi connectivity index (χ2n) is 10.5. The lowest BCUT2D eigenvalue weighted by Crippen LogP contribution is -2.20. The van der Waals surface area contributed by atoms with Crippen LogP contribution in [0.4, 0.5) is 21.6 Å². The summed E-state index contributed by atoms with van der Waals surface area (Å²) >= 11 is 0. The van der Waals surface area contributed by atoms with Gasteiger partial charge < -0.3 is 25.2 Å². The number of likely N-dealkylation sites (tertiary alicyclic amines) is 1. The Bertz CT molecular complexity index is 1580. The van der Waals surface area contributed by atoms with Gasteiger partial charge in [0, 0.05) is 30.9 Å². The number of pyridine rings is 1. The number of hydrogen-bond donors (Lipinski definition) is 4. The first-order valence-corrected chi connectivity index (χ1v) is 13.7. The highest BCUT2D eigenvalue weighted by molar-refractivity contribution is 6.04. The number of carbonyl (C=O) groups excluding carboxylic acids is 1. The predicted molar refractivity (Wildman–Crippen MR) is 156 cm³/mol. The minimum Gasteiger partial charge on any atom is -0.393 e. The highest BCUT2D eigenvalue weighted by Gasteiger charge is 2.24. The quantitative estimate of drug-likeness (QED) is 0.292. The molecule has 0 bridgehead atoms. The topological polar surface area (TPSA) is 128 Å². The smallest absolute Gasteiger partial charge is 0.287 e. The first-order chi connectivity index (χ1) is 19.8. The molecule has 3 aromatic heterocycles. The van der Waals surface area contributed by atoms with Gasteiger partial charge in [-0.3, -0.25) is 9.59 Å². The minimum atomic E-state index is -0.604. The molecular formula is C30H34FN7O3. The summed E-state index contributed by atoms with van der Waals surface area (Å²) in [6.45, 7) is 2.64. The number of nitrogens with zero attached hydrogens (tertiary/aromatic N) is 4. The number of H-pyrrole nitrogens is 1. The van der Waals surface area contributed by atoms with Crippen molar-refractivity contribution in [2.45, 2.75) is 38.2 Å². The van der Waals surface area contributed by atoms with Crippen molar-refractivity contribution in [1.82, 2.24) is 24.6 Å². The molecule has 4 aromatic rings. The van der Waals surface area contributed by atoms with Gasteiger partial charge >= 0.3 is 0 Å². The van der Waals surface area contributed by atoms with Crippen LogP contribution in [0.25, 0.3) is 11.3 Å². The molecule has 1 aliphatic heterocycles. The molecule has 1 saturated heterocycles. The molecule has 2 aliphatic rings. The number of halogens is 1. The van der Waals surface area contributed by atoms with Crippen LogP contribution in [0.15, 0.2) is 59.5 Å². The Morgan fingerprint density at radius 3 is 2.61 bits per heavy atom. The van der Waals surface area contributed by atoms with Crippen molar-refractivity contribution in [2.75, 3.05) is 30.8 Å². The number of aliphatic hydroxyl groups is 1. The molecular weight excluding hydrogens is 525 g/mol. The molecule has 4 N–H and O–H groups in total. The van der Waals surface area contributed by atoms with Gasteiger partial charge in [0.05, 0.1) is 17.5 Å². The normalized spacial score (nSPS) is 16.4. The van der Waals surface area contributed by atoms with E-state index in [1.54, 1.807) is 42.1 Å². The van der Waals surface area contributed by atoms with Crippen molar-refractivity contribution in [3.05, 3.63) is 87.9 Å². The maximum Gasteiger partial charge on any atom is 0.287 e. The van der Waals surface area contributed by atoms with Gasteiger partial charge in [-0.2, -0.15) is 5.10 Å². The van der Waals surface area contributed by atoms with Crippen LogP contribution < -0.4 is 16.2 Å². The Balaban J connectivity index is 0.000000500. The maximum atomic E-state index is 14.6. The molecule has 1 unspecified atom stereocenters. The largest absolute Gasteiger partial charge is 0.393 e. The maximum absolute atomic E-state index is 14.6. The van der Waals surface area contributed by atoms with E-state index in [-0.39, 0.29) is 11.4 Å². The summed E-state index contributed by atoms with van der Waals surface area (Å²) in [5.74, 6) is -0.577. The number of anilines is 3. The Morgan fingerprint density at radius 2 is 1.90 bits per heavy atom. The van der Waals surface area contributed by atoms with Crippen LogP contribution in [0.5, 0.6) is 0 Å². The van der Waals surface area contributed by atoms with Crippen molar-refractivity contribution >= 4 is 23.1 Å². The molecule has 0 radical (unpaired) electrons. The summed E-state index contributed by atoms with van der Waals surface area (Å²) in [5.41, 5.74) is 2.96. The van der Waals surface area contributed by atoms with Crippen LogP contribution in [0.3, 0.4) is 0 Å². The van der Waals surface area contributed by atoms with Crippen molar-refractivity contribution in [2.24, 2.45) is 7.05 Å². The highest BCUT2D eigenvalue weighted by Crippen LogP contribution is 2.27. The lowest BCUT2D eigenvalue weighted by atomic mass is 9.95. The number of benzene rings is 1. The standard InChI is InChI=1S/C25H23FN6O3.C5H11N/c1-32-21-8-6-16(33)10-15(21)12-22(32)25(35)29-19-11-14(5-7-17(19)26)18-13-20(24(34)31-30-18)28-23-4-2-3-9-27-23;1-6-4-2-3-5-6/h2-5,7,9,11-13,16,33H,6,8,10H2,1H3,(H,29,35)(H,31,34)(H,27,28,30);2-5H2,1H3. The third kappa shape index (κ3) is 6.69. The first-order valence-electron chi connectivity index (χ1n) is 13.7. The van der Waals surface area contributed by atoms with E-state index in [2.05, 4.69) is 37.8 Å². The van der Waals surface area contributed by atoms with E-state index in [4.69, 9.17) is 0 Å². The molecule has 1 atom stereocenters. The van der Waals surface area contributed by atoms with E-state index in [9.17, 15) is 19.1 Å². The van der Waals surface area contributed by atoms with Crippen LogP contribution in [0, 0.1) is 5.82 Å². The summed E-state index contributed by atoms with van der Waals surface area (Å²) in [6, 6.07) is 12.7. The second-order valence-corrected chi connectivity index (χ2v) is 10.5. The number of aromatic nitrogens is 4. The fourth-order valence-electron chi connectivity index (χ4n) is 5.15. The lowest BCUT2D eigenvalue weighted by Gasteiger charge is -2.18. The van der Waals surface area contributed by atoms with Crippen molar-refractivity contribution < 1.29 is 14.3 Å². The van der Waals surface area contributed by atoms with Gasteiger partial charge in [0.1, 0.15) is 23.0 Å². The molecule has 214 valence electrons. The van der Waals surface area contributed by atoms with Gasteiger partial charge in [-0.15, -0.1) is 0 Å². The number of rotatable bonds is 5. The number of fused-ring (bicyclic) bond motifs is 1. The number of carbonyl (C=O) groups is 1. The van der Waals surface area contributed by atoms with Crippen LogP contribution in [-0.4, -0.2) is 61.9 Å². The van der Waals surface area contributed by atoms with E-state index < -0.39 is 23.4 Å². The summed E-state index contributed by atoms with van der Waals surface area (Å²) in [4.78, 5) is 31.7. The monoisotopic (exact) mass is 559 g/mol. The Hall–Kier alpha value is -4.35. The molecule has 1 aromatic carbocycles. The molecule has 10 nitrogen and oxygen atoms in total. The minimum absolute atomic E-state index is 0.0149. The average molecular weight is 560 g/mol. The summed E-state index contributed by atoms with van der Waals surface area (Å²) in [5, 5.41) is 22.0. The summed E-state index contributed by atoms with van der Waals surface area (Å²) in [6.07, 6.45) is 5.82. The third-order valence-corrected chi connectivity index (χ3v) is 7.42. The van der Waals surface area contributed by atoms with Crippen LogP contribution in [-0.2, 0) is 19.9 Å². The van der Waals surface area contributed by atoms with Crippen molar-refractivity contribution in [1.29, 1.82) is 0 Å². The van der Waals surface area contributed by atoms with Gasteiger partial charge in [0.25, 0.3) is 11.5 Å². The molecule has 0 saturated carbocycles. The molecule has 41 heavy (non-hydrogen) atoms. The van der Waals surface area contributed by atoms with E-state index in [0.29, 0.717) is 42.0 Å². The molecule has 1 amide bonds. The van der Waals surface area contributed by atoms with Crippen LogP contribution >= 0.6 is 0 Å². The molecule has 0 spiro atoms. The van der Waals surface area contributed by atoms with E-state index >= 15 is 0 Å². The number of aromatic amines is 1. The molecule has 1 aliphatic carbocycles. The van der Waals surface area contributed by atoms with Crippen LogP contribution in [0.2, 0.25) is 0 Å². The fraction of sp³-hybridized carbons (Fsp3) is 0.333. The zero-order valence-corrected chi connectivity index (χ0v) is 23.2. The Morgan fingerprint density at radius 1 is 1.10 bits per heavy atom. The van der Waals surface area contributed by atoms with Crippen molar-refractivity contribution in [3.63, 3.8) is 0 Å². The third-order valence-electron chi connectivity index (χ3n) is 7.42. The summed E-state index contributed by atoms with van der Waals surface area (Å²) in [7, 11) is 3.96. The molecule has 11 heteroatoms. The highest BCUT2D eigenvalue weighted by atomic mass is 19.1. The molecule has 1 fully saturated rings. The van der Waals surface area contributed by atoms with Gasteiger partial charge in [0.2, 0.25) is 0 Å². The lowest BCUT2D eigenvalue weighted by molar-refractivity contribution is 0.101. The predicted octanol–water partition coefficient (Wildman–Crippen LogP) is 3.87. The van der Waals surface area contributed by atoms with Crippen LogP contribution in [0.1, 0.15) is 41.0 Å². The molecule has 6 rings (SSSR count). The second kappa shape index (κ2) is 12.4. The summed E-state index contributed by atoms with van der Waals surface area (Å²) < 4.78 is 16.4. The average Bonchev–Trinajstić information content (AvgIpc) is 3.58. The number of aliphatic hydroxyl groups excluding tert-OH is 1. The zero-order chi connectivity index (χ0) is 28.9. The van der Waals surface area contributed by atoms with Gasteiger partial charge in [0.15, 0.2) is 0 Å². The van der Waals surface area contributed by atoms with E-state index in [1.807, 2.05) is 0 Å². The number of hydrogen-bond acceptors (Lipinski definition) is 7. The van der Waals surface area contributed by atoms with Crippen molar-refractivity contribution in [3.8, 4) is 11.3 Å². The van der Waals surface area contributed by atoms with E-state index in [1.165, 1.54) is 50.2 Å². The number of amides is 1. The Kier molecular flexibility index (Phi) is 8.55. The Labute approximate surface area is 237 Å². The van der Waals surface area contributed by atoms with Gasteiger partial charge in [-0.25, -0.2) is 14.5 Å².